The summed E-state index contributed by atoms with van der Waals surface area (Å²) in [7, 11) is 1.69. The molecule has 1 aliphatic heterocycles. The Labute approximate surface area is 155 Å². The van der Waals surface area contributed by atoms with Crippen molar-refractivity contribution < 1.29 is 4.74 Å². The first-order chi connectivity index (χ1) is 12.5. The normalized spacial score (nSPS) is 14.9. The van der Waals surface area contributed by atoms with Gasteiger partial charge in [-0.05, 0) is 54.9 Å². The Morgan fingerprint density at radius 1 is 1.35 bits per heavy atom. The topological polar surface area (TPSA) is 54.6 Å². The Morgan fingerprint density at radius 3 is 2.85 bits per heavy atom. The molecule has 26 heavy (non-hydrogen) atoms. The summed E-state index contributed by atoms with van der Waals surface area (Å²) >= 11 is 0. The molecular formula is C21H26N4O. The van der Waals surface area contributed by atoms with Gasteiger partial charge in [-0.1, -0.05) is 18.7 Å². The van der Waals surface area contributed by atoms with Gasteiger partial charge >= 0.3 is 0 Å². The van der Waals surface area contributed by atoms with E-state index in [2.05, 4.69) is 46.5 Å². The molecule has 0 unspecified atom stereocenters. The van der Waals surface area contributed by atoms with Crippen LogP contribution in [0, 0.1) is 6.92 Å². The molecule has 0 spiro atoms. The number of allylic oxidation sites excluding steroid dienone is 1. The largest absolute Gasteiger partial charge is 0.497 e. The summed E-state index contributed by atoms with van der Waals surface area (Å²) in [6.07, 6.45) is 3.51. The Bertz CT molecular complexity index is 844. The highest BCUT2D eigenvalue weighted by atomic mass is 16.5. The highest BCUT2D eigenvalue weighted by Gasteiger charge is 2.25. The minimum absolute atomic E-state index is 0.804. The monoisotopic (exact) mass is 350 g/mol. The molecule has 0 atom stereocenters. The van der Waals surface area contributed by atoms with Crippen LogP contribution in [-0.4, -0.2) is 30.1 Å². The molecule has 1 saturated heterocycles. The van der Waals surface area contributed by atoms with Crippen molar-refractivity contribution in [3.05, 3.63) is 71.8 Å². The lowest BCUT2D eigenvalue weighted by Crippen LogP contribution is -2.22. The minimum atomic E-state index is 0.804. The molecule has 2 aromatic rings. The predicted octanol–water partition coefficient (Wildman–Crippen LogP) is 3.51. The fourth-order valence-electron chi connectivity index (χ4n) is 3.25. The number of pyridine rings is 1. The van der Waals surface area contributed by atoms with Gasteiger partial charge in [0, 0.05) is 31.4 Å². The summed E-state index contributed by atoms with van der Waals surface area (Å²) in [5.41, 5.74) is 10.1. The Hall–Kier alpha value is -2.95. The molecule has 136 valence electrons. The molecule has 2 N–H and O–H groups in total. The third-order valence-electron chi connectivity index (χ3n) is 4.83. The van der Waals surface area contributed by atoms with Crippen molar-refractivity contribution in [2.75, 3.05) is 25.1 Å². The van der Waals surface area contributed by atoms with E-state index in [0.717, 1.165) is 53.7 Å². The van der Waals surface area contributed by atoms with Gasteiger partial charge in [0.1, 0.15) is 17.4 Å². The highest BCUT2D eigenvalue weighted by Crippen LogP contribution is 2.28. The third kappa shape index (κ3) is 3.52. The zero-order valence-electron chi connectivity index (χ0n) is 15.7. The number of rotatable bonds is 5. The van der Waals surface area contributed by atoms with Crippen molar-refractivity contribution >= 4 is 11.4 Å². The average Bonchev–Trinajstić information content (AvgIpc) is 3.01. The number of aryl methyl sites for hydroxylation is 1. The molecular weight excluding hydrogens is 324 g/mol. The minimum Gasteiger partial charge on any atom is -0.497 e. The van der Waals surface area contributed by atoms with Gasteiger partial charge in [-0.15, -0.1) is 0 Å². The Morgan fingerprint density at radius 2 is 2.15 bits per heavy atom. The van der Waals surface area contributed by atoms with Crippen LogP contribution in [0.1, 0.15) is 23.6 Å². The first-order valence-corrected chi connectivity index (χ1v) is 8.73. The molecule has 1 aromatic carbocycles. The van der Waals surface area contributed by atoms with E-state index in [1.807, 2.05) is 25.3 Å². The first-order valence-electron chi connectivity index (χ1n) is 8.73. The molecule has 0 bridgehead atoms. The Kier molecular flexibility index (Phi) is 5.16. The Balaban J connectivity index is 1.75. The maximum atomic E-state index is 5.64. The van der Waals surface area contributed by atoms with Crippen LogP contribution in [0.15, 0.2) is 55.1 Å². The lowest BCUT2D eigenvalue weighted by molar-refractivity contribution is 0.387. The van der Waals surface area contributed by atoms with Crippen molar-refractivity contribution in [3.8, 4) is 5.75 Å². The van der Waals surface area contributed by atoms with Gasteiger partial charge in [-0.2, -0.15) is 0 Å². The number of hydrogen-bond acceptors (Lipinski definition) is 5. The van der Waals surface area contributed by atoms with Crippen LogP contribution in [0.2, 0.25) is 0 Å². The van der Waals surface area contributed by atoms with Crippen LogP contribution in [0.4, 0.5) is 5.82 Å². The van der Waals surface area contributed by atoms with Crippen molar-refractivity contribution in [1.82, 2.24) is 9.88 Å². The summed E-state index contributed by atoms with van der Waals surface area (Å²) < 4.78 is 5.31. The summed E-state index contributed by atoms with van der Waals surface area (Å²) in [6.45, 7) is 11.0. The molecule has 1 aromatic heterocycles. The van der Waals surface area contributed by atoms with Crippen molar-refractivity contribution in [2.24, 2.45) is 5.73 Å². The van der Waals surface area contributed by atoms with Gasteiger partial charge in [-0.3, -0.25) is 0 Å². The summed E-state index contributed by atoms with van der Waals surface area (Å²) in [5, 5.41) is 0. The number of benzene rings is 1. The van der Waals surface area contributed by atoms with Gasteiger partial charge in [0.05, 0.1) is 7.11 Å². The van der Waals surface area contributed by atoms with Crippen LogP contribution < -0.4 is 15.4 Å². The van der Waals surface area contributed by atoms with Gasteiger partial charge in [0.15, 0.2) is 0 Å². The van der Waals surface area contributed by atoms with Gasteiger partial charge in [0.25, 0.3) is 0 Å². The van der Waals surface area contributed by atoms with E-state index < -0.39 is 0 Å². The van der Waals surface area contributed by atoms with Gasteiger partial charge in [0.2, 0.25) is 0 Å². The number of ether oxygens (including phenoxy) is 1. The quantitative estimate of drug-likeness (QED) is 0.894. The average molecular weight is 350 g/mol. The molecule has 1 fully saturated rings. The molecule has 2 heterocycles. The molecule has 3 rings (SSSR count). The van der Waals surface area contributed by atoms with E-state index in [4.69, 9.17) is 10.5 Å². The van der Waals surface area contributed by atoms with E-state index in [1.54, 1.807) is 13.3 Å². The molecule has 5 heteroatoms. The third-order valence-corrected chi connectivity index (χ3v) is 4.83. The summed E-state index contributed by atoms with van der Waals surface area (Å²) in [4.78, 5) is 9.07. The molecule has 0 radical (unpaired) electrons. The molecule has 0 amide bonds. The predicted molar refractivity (Wildman–Crippen MR) is 107 cm³/mol. The van der Waals surface area contributed by atoms with Crippen LogP contribution >= 0.6 is 0 Å². The number of hydrogen-bond donors (Lipinski definition) is 1. The highest BCUT2D eigenvalue weighted by molar-refractivity contribution is 5.67. The molecule has 5 nitrogen and oxygen atoms in total. The lowest BCUT2D eigenvalue weighted by atomic mass is 10.1. The molecule has 0 aliphatic carbocycles. The van der Waals surface area contributed by atoms with Crippen molar-refractivity contribution in [1.29, 1.82) is 0 Å². The molecule has 1 aliphatic rings. The smallest absolute Gasteiger partial charge is 0.134 e. The fraction of sp³-hybridized carbons (Fsp3) is 0.286. The van der Waals surface area contributed by atoms with E-state index >= 15 is 0 Å². The van der Waals surface area contributed by atoms with E-state index in [1.165, 1.54) is 5.56 Å². The van der Waals surface area contributed by atoms with Crippen molar-refractivity contribution in [3.63, 3.8) is 0 Å². The van der Waals surface area contributed by atoms with Gasteiger partial charge < -0.3 is 20.3 Å². The second-order valence-electron chi connectivity index (χ2n) is 6.55. The van der Waals surface area contributed by atoms with E-state index in [9.17, 15) is 0 Å². The van der Waals surface area contributed by atoms with Crippen molar-refractivity contribution in [2.45, 2.75) is 20.4 Å². The fourth-order valence-corrected chi connectivity index (χ4v) is 3.25. The number of nitrogens with two attached hydrogens (primary N) is 1. The standard InChI is InChI=1S/C21H26N4O/c1-15-10-21(23-13-20(15)16(2)12-22)25-9-8-24(17(25)3)14-18-6-5-7-19(11-18)26-4/h5-7,10-13H,3,8-9,14,22H2,1-2,4H3/b16-12+. The zero-order valence-corrected chi connectivity index (χ0v) is 15.7. The summed E-state index contributed by atoms with van der Waals surface area (Å²) in [5.74, 6) is 2.77. The maximum absolute atomic E-state index is 5.64. The van der Waals surface area contributed by atoms with Crippen LogP contribution in [0.25, 0.3) is 5.57 Å². The maximum Gasteiger partial charge on any atom is 0.134 e. The van der Waals surface area contributed by atoms with Gasteiger partial charge in [-0.25, -0.2) is 4.98 Å². The molecule has 0 saturated carbocycles. The first kappa shape index (κ1) is 17.9. The van der Waals surface area contributed by atoms with E-state index in [-0.39, 0.29) is 0 Å². The number of anilines is 1. The second-order valence-corrected chi connectivity index (χ2v) is 6.55. The van der Waals surface area contributed by atoms with E-state index in [0.29, 0.717) is 0 Å². The number of nitrogens with zero attached hydrogens (tertiary/aromatic N) is 3. The van der Waals surface area contributed by atoms with Crippen LogP contribution in [0.3, 0.4) is 0 Å². The number of methoxy groups -OCH3 is 1. The SMILES string of the molecule is C=C1N(Cc2cccc(OC)c2)CCN1c1cc(C)c(/C(C)=C/N)cn1. The summed E-state index contributed by atoms with van der Waals surface area (Å²) in [6, 6.07) is 10.2. The zero-order chi connectivity index (χ0) is 18.7. The van der Waals surface area contributed by atoms with Crippen LogP contribution in [0.5, 0.6) is 5.75 Å². The second kappa shape index (κ2) is 7.52. The lowest BCUT2D eigenvalue weighted by Gasteiger charge is -2.24. The number of aromatic nitrogens is 1. The van der Waals surface area contributed by atoms with Crippen LogP contribution in [-0.2, 0) is 6.54 Å².